The van der Waals surface area contributed by atoms with E-state index in [9.17, 15) is 0 Å². The lowest BCUT2D eigenvalue weighted by molar-refractivity contribution is 0.666. The fourth-order valence-electron chi connectivity index (χ4n) is 6.12. The van der Waals surface area contributed by atoms with Gasteiger partial charge in [0, 0.05) is 39.1 Å². The molecule has 0 bridgehead atoms. The van der Waals surface area contributed by atoms with Crippen molar-refractivity contribution in [2.45, 2.75) is 19.3 Å². The van der Waals surface area contributed by atoms with Gasteiger partial charge in [-0.2, -0.15) is 0 Å². The van der Waals surface area contributed by atoms with Gasteiger partial charge in [0.2, 0.25) is 0 Å². The van der Waals surface area contributed by atoms with E-state index in [-0.39, 0.29) is 5.41 Å². The van der Waals surface area contributed by atoms with Gasteiger partial charge in [0.05, 0.1) is 11.2 Å². The van der Waals surface area contributed by atoms with Crippen molar-refractivity contribution in [2.24, 2.45) is 0 Å². The molecule has 0 fully saturated rings. The van der Waals surface area contributed by atoms with E-state index in [1.165, 1.54) is 39.0 Å². The first-order chi connectivity index (χ1) is 18.1. The largest absolute Gasteiger partial charge is 0.311 e. The molecule has 1 aliphatic rings. The van der Waals surface area contributed by atoms with Gasteiger partial charge in [-0.25, -0.2) is 0 Å². The minimum Gasteiger partial charge on any atom is -0.311 e. The summed E-state index contributed by atoms with van der Waals surface area (Å²) >= 11 is 0. The first kappa shape index (κ1) is 21.7. The highest BCUT2D eigenvalue weighted by atomic mass is 15.1. The zero-order chi connectivity index (χ0) is 25.0. The minimum absolute atomic E-state index is 0.0475. The minimum atomic E-state index is -0.0475. The molecule has 0 N–H and O–H groups in total. The Labute approximate surface area is 218 Å². The summed E-state index contributed by atoms with van der Waals surface area (Å²) in [5, 5.41) is 1.33. The van der Waals surface area contributed by atoms with E-state index < -0.39 is 0 Å². The summed E-state index contributed by atoms with van der Waals surface area (Å²) < 4.78 is 2.46. The van der Waals surface area contributed by atoms with Gasteiger partial charge in [-0.1, -0.05) is 92.7 Å². The predicted molar refractivity (Wildman–Crippen MR) is 156 cm³/mol. The van der Waals surface area contributed by atoms with Crippen LogP contribution in [-0.4, -0.2) is 4.57 Å². The van der Waals surface area contributed by atoms with Gasteiger partial charge in [-0.05, 0) is 65.7 Å². The Balaban J connectivity index is 1.42. The maximum absolute atomic E-state index is 2.46. The number of rotatable bonds is 4. The summed E-state index contributed by atoms with van der Waals surface area (Å²) in [5.74, 6) is 0. The first-order valence-electron chi connectivity index (χ1n) is 12.9. The Morgan fingerprint density at radius 1 is 0.541 bits per heavy atom. The number of para-hydroxylation sites is 3. The number of benzene rings is 5. The fourth-order valence-corrected chi connectivity index (χ4v) is 6.12. The molecular formula is C35H28N2. The van der Waals surface area contributed by atoms with Crippen molar-refractivity contribution >= 4 is 28.0 Å². The van der Waals surface area contributed by atoms with E-state index in [0.717, 1.165) is 17.1 Å². The Bertz CT molecular complexity index is 1690. The molecule has 0 aliphatic heterocycles. The molecule has 0 unspecified atom stereocenters. The molecule has 0 radical (unpaired) electrons. The van der Waals surface area contributed by atoms with Gasteiger partial charge in [-0.3, -0.25) is 0 Å². The molecule has 178 valence electrons. The van der Waals surface area contributed by atoms with Gasteiger partial charge in [0.15, 0.2) is 0 Å². The summed E-state index contributed by atoms with van der Waals surface area (Å²) in [5.41, 5.74) is 11.3. The van der Waals surface area contributed by atoms with Crippen LogP contribution >= 0.6 is 0 Å². The lowest BCUT2D eigenvalue weighted by Gasteiger charge is -2.25. The highest BCUT2D eigenvalue weighted by molar-refractivity contribution is 5.99. The average Bonchev–Trinajstić information content (AvgIpc) is 3.42. The highest BCUT2D eigenvalue weighted by Crippen LogP contribution is 2.53. The third-order valence-electron chi connectivity index (χ3n) is 7.75. The number of nitrogens with zero attached hydrogens (tertiary/aromatic N) is 2. The molecule has 2 heteroatoms. The molecule has 0 saturated carbocycles. The van der Waals surface area contributed by atoms with E-state index in [1.807, 2.05) is 0 Å². The summed E-state index contributed by atoms with van der Waals surface area (Å²) in [6.45, 7) is 4.71. The van der Waals surface area contributed by atoms with Crippen molar-refractivity contribution in [2.75, 3.05) is 4.90 Å². The molecule has 0 spiro atoms. The molecule has 2 nitrogen and oxygen atoms in total. The van der Waals surface area contributed by atoms with Crippen molar-refractivity contribution in [3.05, 3.63) is 145 Å². The fraction of sp³-hybridized carbons (Fsp3) is 0.0857. The number of fused-ring (bicyclic) bond motifs is 5. The van der Waals surface area contributed by atoms with Crippen LogP contribution in [0.4, 0.5) is 17.1 Å². The zero-order valence-electron chi connectivity index (χ0n) is 21.1. The van der Waals surface area contributed by atoms with Crippen LogP contribution in [0.5, 0.6) is 0 Å². The van der Waals surface area contributed by atoms with Crippen LogP contribution in [-0.2, 0) is 5.41 Å². The Morgan fingerprint density at radius 3 is 1.76 bits per heavy atom. The van der Waals surface area contributed by atoms with Crippen LogP contribution in [0.3, 0.4) is 0 Å². The van der Waals surface area contributed by atoms with E-state index in [1.54, 1.807) is 0 Å². The van der Waals surface area contributed by atoms with Crippen LogP contribution in [0, 0.1) is 0 Å². The molecule has 1 heterocycles. The summed E-state index contributed by atoms with van der Waals surface area (Å²) in [4.78, 5) is 2.31. The van der Waals surface area contributed by atoms with Crippen LogP contribution < -0.4 is 4.90 Å². The molecule has 0 amide bonds. The maximum Gasteiger partial charge on any atom is 0.0584 e. The second-order valence-electron chi connectivity index (χ2n) is 10.3. The molecule has 1 aromatic heterocycles. The number of anilines is 3. The Hall–Kier alpha value is -4.56. The van der Waals surface area contributed by atoms with Gasteiger partial charge < -0.3 is 9.47 Å². The van der Waals surface area contributed by atoms with Gasteiger partial charge in [0.1, 0.15) is 0 Å². The highest BCUT2D eigenvalue weighted by Gasteiger charge is 2.40. The first-order valence-corrected chi connectivity index (χ1v) is 12.9. The van der Waals surface area contributed by atoms with E-state index in [2.05, 4.69) is 157 Å². The van der Waals surface area contributed by atoms with E-state index >= 15 is 0 Å². The standard InChI is InChI=1S/C35H28N2/c1-35(2)31-19-11-9-17-29(31)34-33(35)30-18-10-12-20-32(30)37(34)28-23-21-27(22-24-28)36(25-13-5-3-6-14-25)26-15-7-4-8-16-26/h3-24H,1-2H3. The third kappa shape index (κ3) is 3.26. The molecule has 5 aromatic carbocycles. The van der Waals surface area contributed by atoms with Gasteiger partial charge in [0.25, 0.3) is 0 Å². The van der Waals surface area contributed by atoms with Crippen LogP contribution in [0.2, 0.25) is 0 Å². The normalized spacial score (nSPS) is 13.4. The van der Waals surface area contributed by atoms with Gasteiger partial charge >= 0.3 is 0 Å². The molecule has 7 rings (SSSR count). The maximum atomic E-state index is 2.46. The smallest absolute Gasteiger partial charge is 0.0584 e. The SMILES string of the molecule is CC1(C)c2ccccc2-c2c1c1ccccc1n2-c1ccc(N(c2ccccc2)c2ccccc2)cc1. The number of hydrogen-bond donors (Lipinski definition) is 0. The number of hydrogen-bond acceptors (Lipinski definition) is 1. The van der Waals surface area contributed by atoms with Crippen molar-refractivity contribution in [1.82, 2.24) is 4.57 Å². The Morgan fingerprint density at radius 2 is 1.08 bits per heavy atom. The summed E-state index contributed by atoms with van der Waals surface area (Å²) in [7, 11) is 0. The van der Waals surface area contributed by atoms with Gasteiger partial charge in [-0.15, -0.1) is 0 Å². The number of aromatic nitrogens is 1. The lowest BCUT2D eigenvalue weighted by Crippen LogP contribution is -2.14. The average molecular weight is 477 g/mol. The second kappa shape index (κ2) is 8.25. The van der Waals surface area contributed by atoms with Crippen LogP contribution in [0.15, 0.2) is 133 Å². The van der Waals surface area contributed by atoms with E-state index in [0.29, 0.717) is 0 Å². The summed E-state index contributed by atoms with van der Waals surface area (Å²) in [6.07, 6.45) is 0. The topological polar surface area (TPSA) is 8.17 Å². The quantitative estimate of drug-likeness (QED) is 0.246. The van der Waals surface area contributed by atoms with Crippen LogP contribution in [0.25, 0.3) is 27.8 Å². The third-order valence-corrected chi connectivity index (χ3v) is 7.75. The molecule has 0 atom stereocenters. The molecule has 0 saturated heterocycles. The van der Waals surface area contributed by atoms with E-state index in [4.69, 9.17) is 0 Å². The molecular weight excluding hydrogens is 448 g/mol. The van der Waals surface area contributed by atoms with Crippen molar-refractivity contribution in [1.29, 1.82) is 0 Å². The van der Waals surface area contributed by atoms with Crippen LogP contribution in [0.1, 0.15) is 25.0 Å². The zero-order valence-corrected chi connectivity index (χ0v) is 21.1. The molecule has 1 aliphatic carbocycles. The molecule has 6 aromatic rings. The lowest BCUT2D eigenvalue weighted by atomic mass is 9.81. The monoisotopic (exact) mass is 476 g/mol. The van der Waals surface area contributed by atoms with Crippen molar-refractivity contribution < 1.29 is 0 Å². The summed E-state index contributed by atoms with van der Waals surface area (Å²) in [6, 6.07) is 47.8. The van der Waals surface area contributed by atoms with Crippen molar-refractivity contribution in [3.63, 3.8) is 0 Å². The van der Waals surface area contributed by atoms with Crippen molar-refractivity contribution in [3.8, 4) is 16.9 Å². The molecule has 37 heavy (non-hydrogen) atoms. The predicted octanol–water partition coefficient (Wildman–Crippen LogP) is 9.41. The second-order valence-corrected chi connectivity index (χ2v) is 10.3. The Kier molecular flexibility index (Phi) is 4.84.